The number of hydrogen-bond donors (Lipinski definition) is 0. The Hall–Kier alpha value is 0.0200. The van der Waals surface area contributed by atoms with Crippen molar-refractivity contribution in [3.63, 3.8) is 0 Å². The van der Waals surface area contributed by atoms with E-state index in [9.17, 15) is 12.6 Å². The zero-order chi connectivity index (χ0) is 15.1. The molecule has 7 heteroatoms. The maximum atomic E-state index is 12.8. The zero-order valence-electron chi connectivity index (χ0n) is 12.8. The molecule has 0 aliphatic carbocycles. The summed E-state index contributed by atoms with van der Waals surface area (Å²) in [6.45, 7) is 9.90. The van der Waals surface area contributed by atoms with Crippen LogP contribution in [0.1, 0.15) is 34.1 Å². The standard InChI is InChI=1S/C13H26N2O3S2/c1-11-7-12(2)9-15(8-11)20(17,18)14-5-6-19(16)13(3,4)10-14/h11-12H,5-10H2,1-4H3/t11-,12-,19-/m1/s1. The average Bonchev–Trinajstić information content (AvgIpc) is 2.31. The molecule has 2 rings (SSSR count). The van der Waals surface area contributed by atoms with Crippen LogP contribution in [0.2, 0.25) is 0 Å². The molecular formula is C13H26N2O3S2. The first kappa shape index (κ1) is 16.4. The van der Waals surface area contributed by atoms with Crippen LogP contribution in [0, 0.1) is 11.8 Å². The minimum Gasteiger partial charge on any atom is -0.259 e. The van der Waals surface area contributed by atoms with Gasteiger partial charge in [-0.3, -0.25) is 4.21 Å². The van der Waals surface area contributed by atoms with Gasteiger partial charge in [-0.2, -0.15) is 17.0 Å². The summed E-state index contributed by atoms with van der Waals surface area (Å²) in [5.41, 5.74) is 0. The molecule has 0 bridgehead atoms. The van der Waals surface area contributed by atoms with Crippen molar-refractivity contribution in [2.45, 2.75) is 38.9 Å². The predicted octanol–water partition coefficient (Wildman–Crippen LogP) is 1.05. The summed E-state index contributed by atoms with van der Waals surface area (Å²) in [4.78, 5) is 0. The van der Waals surface area contributed by atoms with Crippen LogP contribution in [0.15, 0.2) is 0 Å². The van der Waals surface area contributed by atoms with E-state index in [0.717, 1.165) is 6.42 Å². The van der Waals surface area contributed by atoms with Crippen molar-refractivity contribution in [3.05, 3.63) is 0 Å². The molecule has 0 N–H and O–H groups in total. The Balaban J connectivity index is 2.16. The minimum absolute atomic E-state index is 0.348. The fourth-order valence-electron chi connectivity index (χ4n) is 3.19. The third-order valence-corrected chi connectivity index (χ3v) is 8.02. The van der Waals surface area contributed by atoms with Crippen LogP contribution in [0.4, 0.5) is 0 Å². The van der Waals surface area contributed by atoms with Gasteiger partial charge in [-0.1, -0.05) is 13.8 Å². The Morgan fingerprint density at radius 1 is 1.10 bits per heavy atom. The monoisotopic (exact) mass is 322 g/mol. The molecule has 0 spiro atoms. The molecule has 20 heavy (non-hydrogen) atoms. The van der Waals surface area contributed by atoms with Gasteiger partial charge in [-0.15, -0.1) is 0 Å². The van der Waals surface area contributed by atoms with Gasteiger partial charge in [0.25, 0.3) is 10.2 Å². The van der Waals surface area contributed by atoms with Crippen LogP contribution in [0.3, 0.4) is 0 Å². The molecule has 0 saturated carbocycles. The van der Waals surface area contributed by atoms with Crippen molar-refractivity contribution < 1.29 is 12.6 Å². The van der Waals surface area contributed by atoms with Gasteiger partial charge < -0.3 is 0 Å². The molecule has 3 atom stereocenters. The molecule has 2 fully saturated rings. The van der Waals surface area contributed by atoms with Gasteiger partial charge in [0.05, 0.1) is 4.75 Å². The lowest BCUT2D eigenvalue weighted by Gasteiger charge is -2.41. The van der Waals surface area contributed by atoms with Gasteiger partial charge in [-0.25, -0.2) is 0 Å². The molecule has 2 saturated heterocycles. The SMILES string of the molecule is C[C@@H]1C[C@@H](C)CN(S(=O)(=O)N2CC[S@@](=O)C(C)(C)C2)C1. The molecule has 0 unspecified atom stereocenters. The Labute approximate surface area is 125 Å². The van der Waals surface area contributed by atoms with Crippen LogP contribution in [-0.4, -0.2) is 57.9 Å². The van der Waals surface area contributed by atoms with Gasteiger partial charge >= 0.3 is 0 Å². The zero-order valence-corrected chi connectivity index (χ0v) is 14.5. The maximum absolute atomic E-state index is 12.8. The molecule has 0 radical (unpaired) electrons. The fourth-order valence-corrected chi connectivity index (χ4v) is 6.65. The number of nitrogens with zero attached hydrogens (tertiary/aromatic N) is 2. The summed E-state index contributed by atoms with van der Waals surface area (Å²) in [6.07, 6.45) is 1.08. The van der Waals surface area contributed by atoms with E-state index >= 15 is 0 Å². The highest BCUT2D eigenvalue weighted by molar-refractivity contribution is 7.88. The predicted molar refractivity (Wildman–Crippen MR) is 82.1 cm³/mol. The maximum Gasteiger partial charge on any atom is 0.282 e. The van der Waals surface area contributed by atoms with E-state index in [1.807, 2.05) is 13.8 Å². The second-order valence-corrected chi connectivity index (χ2v) is 11.0. The van der Waals surface area contributed by atoms with E-state index in [2.05, 4.69) is 13.8 Å². The molecule has 0 aromatic rings. The summed E-state index contributed by atoms with van der Waals surface area (Å²) in [5, 5.41) is 0. The second kappa shape index (κ2) is 5.66. The fraction of sp³-hybridized carbons (Fsp3) is 1.00. The average molecular weight is 322 g/mol. The first-order chi connectivity index (χ1) is 9.13. The van der Waals surface area contributed by atoms with Gasteiger partial charge in [-0.05, 0) is 32.1 Å². The number of piperidine rings is 1. The van der Waals surface area contributed by atoms with Crippen molar-refractivity contribution in [3.8, 4) is 0 Å². The second-order valence-electron chi connectivity index (χ2n) is 6.91. The highest BCUT2D eigenvalue weighted by Crippen LogP contribution is 2.28. The van der Waals surface area contributed by atoms with Crippen molar-refractivity contribution in [1.29, 1.82) is 0 Å². The van der Waals surface area contributed by atoms with Crippen molar-refractivity contribution in [2.75, 3.05) is 31.9 Å². The largest absolute Gasteiger partial charge is 0.282 e. The molecule has 2 aliphatic heterocycles. The summed E-state index contributed by atoms with van der Waals surface area (Å²) < 4.78 is 40.2. The van der Waals surface area contributed by atoms with Crippen LogP contribution in [0.5, 0.6) is 0 Å². The molecule has 5 nitrogen and oxygen atoms in total. The van der Waals surface area contributed by atoms with Crippen molar-refractivity contribution >= 4 is 21.0 Å². The minimum atomic E-state index is -3.41. The Bertz CT molecular complexity index is 480. The Morgan fingerprint density at radius 3 is 2.15 bits per heavy atom. The third kappa shape index (κ3) is 3.26. The third-order valence-electron chi connectivity index (χ3n) is 4.19. The summed E-state index contributed by atoms with van der Waals surface area (Å²) in [7, 11) is -4.36. The molecule has 2 aliphatic rings. The van der Waals surface area contributed by atoms with Gasteiger partial charge in [0, 0.05) is 42.7 Å². The molecule has 2 heterocycles. The summed E-state index contributed by atoms with van der Waals surface area (Å²) in [5.74, 6) is 1.24. The van der Waals surface area contributed by atoms with Crippen molar-refractivity contribution in [2.24, 2.45) is 11.8 Å². The van der Waals surface area contributed by atoms with Crippen LogP contribution < -0.4 is 0 Å². The first-order valence-electron chi connectivity index (χ1n) is 7.26. The van der Waals surface area contributed by atoms with E-state index < -0.39 is 25.8 Å². The van der Waals surface area contributed by atoms with Crippen molar-refractivity contribution in [1.82, 2.24) is 8.61 Å². The van der Waals surface area contributed by atoms with Crippen LogP contribution in [0.25, 0.3) is 0 Å². The molecule has 0 amide bonds. The summed E-state index contributed by atoms with van der Waals surface area (Å²) in [6, 6.07) is 0. The van der Waals surface area contributed by atoms with E-state index in [0.29, 0.717) is 43.8 Å². The summed E-state index contributed by atoms with van der Waals surface area (Å²) >= 11 is 0. The van der Waals surface area contributed by atoms with E-state index in [-0.39, 0.29) is 0 Å². The smallest absolute Gasteiger partial charge is 0.259 e. The number of rotatable bonds is 2. The highest BCUT2D eigenvalue weighted by atomic mass is 32.2. The highest BCUT2D eigenvalue weighted by Gasteiger charge is 2.41. The normalized spacial score (nSPS) is 36.9. The Kier molecular flexibility index (Phi) is 4.64. The molecule has 118 valence electrons. The molecule has 0 aromatic heterocycles. The van der Waals surface area contributed by atoms with E-state index in [1.165, 1.54) is 4.31 Å². The van der Waals surface area contributed by atoms with Gasteiger partial charge in [0.2, 0.25) is 0 Å². The van der Waals surface area contributed by atoms with Crippen LogP contribution in [-0.2, 0) is 21.0 Å². The molecule has 0 aromatic carbocycles. The lowest BCUT2D eigenvalue weighted by molar-refractivity contribution is 0.207. The van der Waals surface area contributed by atoms with Gasteiger partial charge in [0.1, 0.15) is 0 Å². The molecular weight excluding hydrogens is 296 g/mol. The van der Waals surface area contributed by atoms with Crippen LogP contribution >= 0.6 is 0 Å². The Morgan fingerprint density at radius 2 is 1.65 bits per heavy atom. The van der Waals surface area contributed by atoms with Gasteiger partial charge in [0.15, 0.2) is 0 Å². The first-order valence-corrected chi connectivity index (χ1v) is 9.98. The quantitative estimate of drug-likeness (QED) is 0.763. The lowest BCUT2D eigenvalue weighted by atomic mass is 9.94. The van der Waals surface area contributed by atoms with E-state index in [1.54, 1.807) is 4.31 Å². The lowest BCUT2D eigenvalue weighted by Crippen LogP contribution is -2.57. The number of hydrogen-bond acceptors (Lipinski definition) is 3. The topological polar surface area (TPSA) is 57.7 Å². The van der Waals surface area contributed by atoms with E-state index in [4.69, 9.17) is 0 Å².